The van der Waals surface area contributed by atoms with E-state index in [1.807, 2.05) is 24.3 Å². The second-order valence-electron chi connectivity index (χ2n) is 7.42. The van der Waals surface area contributed by atoms with E-state index >= 15 is 0 Å². The SMILES string of the molecule is CCCCCc1ccc(S(=O)(=O)N2CCN(C(=O)Cc3cccnc3)CC2)cc1. The Morgan fingerprint density at radius 1 is 1.00 bits per heavy atom. The fourth-order valence-electron chi connectivity index (χ4n) is 3.52. The number of amides is 1. The lowest BCUT2D eigenvalue weighted by molar-refractivity contribution is -0.131. The monoisotopic (exact) mass is 415 g/mol. The van der Waals surface area contributed by atoms with Crippen molar-refractivity contribution in [3.63, 3.8) is 0 Å². The largest absolute Gasteiger partial charge is 0.340 e. The molecule has 156 valence electrons. The minimum Gasteiger partial charge on any atom is -0.340 e. The summed E-state index contributed by atoms with van der Waals surface area (Å²) < 4.78 is 27.4. The topological polar surface area (TPSA) is 70.6 Å². The van der Waals surface area contributed by atoms with Crippen LogP contribution in [0.3, 0.4) is 0 Å². The molecule has 0 saturated carbocycles. The quantitative estimate of drug-likeness (QED) is 0.622. The van der Waals surface area contributed by atoms with Crippen LogP contribution >= 0.6 is 0 Å². The summed E-state index contributed by atoms with van der Waals surface area (Å²) in [4.78, 5) is 18.6. The van der Waals surface area contributed by atoms with E-state index in [1.165, 1.54) is 22.7 Å². The predicted molar refractivity (Wildman–Crippen MR) is 113 cm³/mol. The number of nitrogens with zero attached hydrogens (tertiary/aromatic N) is 3. The van der Waals surface area contributed by atoms with Gasteiger partial charge >= 0.3 is 0 Å². The minimum atomic E-state index is -3.53. The molecule has 2 aromatic rings. The van der Waals surface area contributed by atoms with Gasteiger partial charge in [0.1, 0.15) is 0 Å². The number of hydrogen-bond acceptors (Lipinski definition) is 4. The molecule has 1 aliphatic heterocycles. The van der Waals surface area contributed by atoms with Gasteiger partial charge in [0.2, 0.25) is 15.9 Å². The molecular weight excluding hydrogens is 386 g/mol. The van der Waals surface area contributed by atoms with Gasteiger partial charge in [-0.1, -0.05) is 38.0 Å². The van der Waals surface area contributed by atoms with Gasteiger partial charge in [0, 0.05) is 38.6 Å². The Hall–Kier alpha value is -2.25. The molecule has 1 fully saturated rings. The highest BCUT2D eigenvalue weighted by atomic mass is 32.2. The van der Waals surface area contributed by atoms with Gasteiger partial charge in [-0.15, -0.1) is 0 Å². The Bertz CT molecular complexity index is 891. The summed E-state index contributed by atoms with van der Waals surface area (Å²) >= 11 is 0. The van der Waals surface area contributed by atoms with Gasteiger partial charge in [-0.25, -0.2) is 8.42 Å². The van der Waals surface area contributed by atoms with Crippen LogP contribution in [0.25, 0.3) is 0 Å². The molecule has 0 aliphatic carbocycles. The molecule has 0 atom stereocenters. The van der Waals surface area contributed by atoms with Gasteiger partial charge in [-0.05, 0) is 42.2 Å². The highest BCUT2D eigenvalue weighted by molar-refractivity contribution is 7.89. The zero-order valence-electron chi connectivity index (χ0n) is 17.0. The van der Waals surface area contributed by atoms with Gasteiger partial charge in [0.25, 0.3) is 0 Å². The summed E-state index contributed by atoms with van der Waals surface area (Å²) in [6.45, 7) is 3.63. The molecular formula is C22H29N3O3S. The highest BCUT2D eigenvalue weighted by Gasteiger charge is 2.30. The van der Waals surface area contributed by atoms with Gasteiger partial charge in [-0.3, -0.25) is 9.78 Å². The molecule has 1 aromatic carbocycles. The van der Waals surface area contributed by atoms with Crippen LogP contribution in [0.2, 0.25) is 0 Å². The van der Waals surface area contributed by atoms with E-state index in [-0.39, 0.29) is 5.91 Å². The summed E-state index contributed by atoms with van der Waals surface area (Å²) in [5, 5.41) is 0. The first kappa shape index (κ1) is 21.5. The number of carbonyl (C=O) groups excluding carboxylic acids is 1. The number of sulfonamides is 1. The molecule has 7 heteroatoms. The van der Waals surface area contributed by atoms with E-state index in [0.717, 1.165) is 18.4 Å². The van der Waals surface area contributed by atoms with Crippen molar-refractivity contribution in [2.24, 2.45) is 0 Å². The third-order valence-corrected chi connectivity index (χ3v) is 7.21. The van der Waals surface area contributed by atoms with E-state index in [1.54, 1.807) is 29.4 Å². The van der Waals surface area contributed by atoms with Gasteiger partial charge in [0.05, 0.1) is 11.3 Å². The summed E-state index contributed by atoms with van der Waals surface area (Å²) in [7, 11) is -3.53. The molecule has 3 rings (SSSR count). The van der Waals surface area contributed by atoms with E-state index < -0.39 is 10.0 Å². The van der Waals surface area contributed by atoms with Crippen molar-refractivity contribution < 1.29 is 13.2 Å². The first-order chi connectivity index (χ1) is 14.0. The molecule has 1 saturated heterocycles. The fourth-order valence-corrected chi connectivity index (χ4v) is 4.95. The number of piperazine rings is 1. The molecule has 0 unspecified atom stereocenters. The maximum absolute atomic E-state index is 12.9. The molecule has 0 spiro atoms. The lowest BCUT2D eigenvalue weighted by atomic mass is 10.1. The van der Waals surface area contributed by atoms with Gasteiger partial charge in [-0.2, -0.15) is 4.31 Å². The number of hydrogen-bond donors (Lipinski definition) is 0. The second kappa shape index (κ2) is 9.98. The van der Waals surface area contributed by atoms with Crippen molar-refractivity contribution in [2.45, 2.75) is 43.9 Å². The molecule has 1 aromatic heterocycles. The number of unbranched alkanes of at least 4 members (excludes halogenated alkanes) is 2. The molecule has 0 N–H and O–H groups in total. The van der Waals surface area contributed by atoms with E-state index in [4.69, 9.17) is 0 Å². The molecule has 6 nitrogen and oxygen atoms in total. The Morgan fingerprint density at radius 3 is 2.34 bits per heavy atom. The smallest absolute Gasteiger partial charge is 0.243 e. The number of aromatic nitrogens is 1. The standard InChI is InChI=1S/C22H29N3O3S/c1-2-3-4-6-19-8-10-21(11-9-19)29(27,28)25-15-13-24(14-16-25)22(26)17-20-7-5-12-23-18-20/h5,7-12,18H,2-4,6,13-17H2,1H3. The van der Waals surface area contributed by atoms with Crippen molar-refractivity contribution in [2.75, 3.05) is 26.2 Å². The molecule has 1 amide bonds. The van der Waals surface area contributed by atoms with Crippen LogP contribution in [-0.2, 0) is 27.7 Å². The average Bonchev–Trinajstić information content (AvgIpc) is 2.75. The van der Waals surface area contributed by atoms with E-state index in [0.29, 0.717) is 37.5 Å². The van der Waals surface area contributed by atoms with Crippen LogP contribution in [0.15, 0.2) is 53.7 Å². The van der Waals surface area contributed by atoms with Crippen LogP contribution in [0.4, 0.5) is 0 Å². The summed E-state index contributed by atoms with van der Waals surface area (Å²) in [6, 6.07) is 10.9. The summed E-state index contributed by atoms with van der Waals surface area (Å²) in [5.74, 6) is 0.00600. The maximum Gasteiger partial charge on any atom is 0.243 e. The third kappa shape index (κ3) is 5.64. The third-order valence-electron chi connectivity index (χ3n) is 5.30. The Kier molecular flexibility index (Phi) is 7.39. The van der Waals surface area contributed by atoms with Gasteiger partial charge < -0.3 is 4.90 Å². The number of rotatable bonds is 8. The van der Waals surface area contributed by atoms with Crippen LogP contribution in [0, 0.1) is 0 Å². The van der Waals surface area contributed by atoms with E-state index in [2.05, 4.69) is 11.9 Å². The maximum atomic E-state index is 12.9. The Labute approximate surface area is 173 Å². The molecule has 0 radical (unpaired) electrons. The fraction of sp³-hybridized carbons (Fsp3) is 0.455. The van der Waals surface area contributed by atoms with Crippen molar-refractivity contribution in [1.29, 1.82) is 0 Å². The lowest BCUT2D eigenvalue weighted by Gasteiger charge is -2.34. The number of carbonyl (C=O) groups is 1. The van der Waals surface area contributed by atoms with Crippen molar-refractivity contribution >= 4 is 15.9 Å². The van der Waals surface area contributed by atoms with Gasteiger partial charge in [0.15, 0.2) is 0 Å². The van der Waals surface area contributed by atoms with Crippen molar-refractivity contribution in [1.82, 2.24) is 14.2 Å². The average molecular weight is 416 g/mol. The zero-order chi connectivity index (χ0) is 20.7. The van der Waals surface area contributed by atoms with Crippen molar-refractivity contribution in [3.05, 3.63) is 59.9 Å². The predicted octanol–water partition coefficient (Wildman–Crippen LogP) is 2.89. The normalized spacial score (nSPS) is 15.4. The Balaban J connectivity index is 1.55. The molecule has 1 aliphatic rings. The van der Waals surface area contributed by atoms with Crippen LogP contribution in [0.1, 0.15) is 37.3 Å². The highest BCUT2D eigenvalue weighted by Crippen LogP contribution is 2.19. The van der Waals surface area contributed by atoms with Crippen molar-refractivity contribution in [3.8, 4) is 0 Å². The molecule has 2 heterocycles. The number of pyridine rings is 1. The summed E-state index contributed by atoms with van der Waals surface area (Å²) in [5.41, 5.74) is 2.04. The van der Waals surface area contributed by atoms with Crippen LogP contribution in [0.5, 0.6) is 0 Å². The molecule has 0 bridgehead atoms. The lowest BCUT2D eigenvalue weighted by Crippen LogP contribution is -2.50. The Morgan fingerprint density at radius 2 is 1.72 bits per heavy atom. The number of benzene rings is 1. The zero-order valence-corrected chi connectivity index (χ0v) is 17.8. The van der Waals surface area contributed by atoms with Crippen LogP contribution in [-0.4, -0.2) is 54.7 Å². The van der Waals surface area contributed by atoms with Crippen LogP contribution < -0.4 is 0 Å². The summed E-state index contributed by atoms with van der Waals surface area (Å²) in [6.07, 6.45) is 8.11. The first-order valence-electron chi connectivity index (χ1n) is 10.3. The molecule has 29 heavy (non-hydrogen) atoms. The minimum absolute atomic E-state index is 0.00600. The number of aryl methyl sites for hydroxylation is 1. The second-order valence-corrected chi connectivity index (χ2v) is 9.36. The first-order valence-corrected chi connectivity index (χ1v) is 11.7. The van der Waals surface area contributed by atoms with E-state index in [9.17, 15) is 13.2 Å².